The van der Waals surface area contributed by atoms with Gasteiger partial charge in [0.25, 0.3) is 11.8 Å². The molecule has 0 spiro atoms. The van der Waals surface area contributed by atoms with Crippen LogP contribution in [0.4, 0.5) is 5.69 Å². The maximum Gasteiger partial charge on any atom is 0.255 e. The number of nitrogens with zero attached hydrogens (tertiary/aromatic N) is 1. The van der Waals surface area contributed by atoms with Crippen molar-refractivity contribution in [2.45, 2.75) is 58.4 Å². The van der Waals surface area contributed by atoms with E-state index in [0.29, 0.717) is 35.1 Å². The molecule has 0 radical (unpaired) electrons. The lowest BCUT2D eigenvalue weighted by Crippen LogP contribution is -2.38. The molecule has 0 bridgehead atoms. The van der Waals surface area contributed by atoms with Crippen molar-refractivity contribution in [1.82, 2.24) is 4.90 Å². The molecule has 2 amide bonds. The molecule has 1 N–H and O–H groups in total. The fraction of sp³-hybridized carbons (Fsp3) is 0.462. The Labute approximate surface area is 199 Å². The molecular formula is C26H33BrN2O3. The van der Waals surface area contributed by atoms with Gasteiger partial charge in [-0.05, 0) is 71.4 Å². The number of amides is 2. The first-order chi connectivity index (χ1) is 15.4. The molecule has 0 saturated heterocycles. The van der Waals surface area contributed by atoms with Crippen molar-refractivity contribution < 1.29 is 14.3 Å². The number of hydrogen-bond donors (Lipinski definition) is 1. The number of nitrogens with one attached hydrogen (secondary N) is 1. The van der Waals surface area contributed by atoms with E-state index >= 15 is 0 Å². The fourth-order valence-corrected chi connectivity index (χ4v) is 4.45. The standard InChI is InChI=1S/C26H33BrN2O3/c1-18(2)15-16-32-24-14-13-19(17-22(24)27)25(30)28-23-12-8-7-11-21(23)26(31)29(3)20-9-5-4-6-10-20/h7-8,11-14,17-18,20H,4-6,9-10,15-16H2,1-3H3,(H,28,30). The number of halogens is 1. The first kappa shape index (κ1) is 24.3. The molecule has 1 saturated carbocycles. The van der Waals surface area contributed by atoms with Gasteiger partial charge < -0.3 is 15.0 Å². The zero-order valence-corrected chi connectivity index (χ0v) is 20.8. The van der Waals surface area contributed by atoms with Gasteiger partial charge >= 0.3 is 0 Å². The van der Waals surface area contributed by atoms with Crippen LogP contribution in [-0.4, -0.2) is 36.4 Å². The Bertz CT molecular complexity index is 938. The van der Waals surface area contributed by atoms with E-state index < -0.39 is 0 Å². The van der Waals surface area contributed by atoms with Crippen LogP contribution >= 0.6 is 15.9 Å². The molecule has 1 fully saturated rings. The number of benzene rings is 2. The third-order valence-electron chi connectivity index (χ3n) is 6.00. The van der Waals surface area contributed by atoms with Crippen LogP contribution < -0.4 is 10.1 Å². The minimum Gasteiger partial charge on any atom is -0.492 e. The summed E-state index contributed by atoms with van der Waals surface area (Å²) in [5, 5.41) is 2.92. The molecule has 6 heteroatoms. The maximum atomic E-state index is 13.2. The predicted octanol–water partition coefficient (Wildman–Crippen LogP) is 6.53. The second-order valence-electron chi connectivity index (χ2n) is 8.88. The van der Waals surface area contributed by atoms with Gasteiger partial charge in [-0.1, -0.05) is 45.2 Å². The molecule has 2 aromatic carbocycles. The van der Waals surface area contributed by atoms with E-state index in [4.69, 9.17) is 4.74 Å². The van der Waals surface area contributed by atoms with Gasteiger partial charge in [0, 0.05) is 18.7 Å². The van der Waals surface area contributed by atoms with Crippen LogP contribution in [0.5, 0.6) is 5.75 Å². The largest absolute Gasteiger partial charge is 0.492 e. The number of anilines is 1. The number of hydrogen-bond acceptors (Lipinski definition) is 3. The Balaban J connectivity index is 1.70. The zero-order valence-electron chi connectivity index (χ0n) is 19.2. The Kier molecular flexibility index (Phi) is 8.74. The molecule has 32 heavy (non-hydrogen) atoms. The smallest absolute Gasteiger partial charge is 0.255 e. The Hall–Kier alpha value is -2.34. The molecule has 2 aromatic rings. The number of carbonyl (C=O) groups excluding carboxylic acids is 2. The highest BCUT2D eigenvalue weighted by Crippen LogP contribution is 2.28. The Morgan fingerprint density at radius 2 is 1.84 bits per heavy atom. The van der Waals surface area contributed by atoms with E-state index in [1.54, 1.807) is 30.3 Å². The van der Waals surface area contributed by atoms with E-state index in [1.165, 1.54) is 6.42 Å². The highest BCUT2D eigenvalue weighted by Gasteiger charge is 2.25. The van der Waals surface area contributed by atoms with Crippen LogP contribution in [0.15, 0.2) is 46.9 Å². The molecule has 5 nitrogen and oxygen atoms in total. The van der Waals surface area contributed by atoms with E-state index in [0.717, 1.165) is 36.6 Å². The Morgan fingerprint density at radius 3 is 2.53 bits per heavy atom. The van der Waals surface area contributed by atoms with Gasteiger partial charge in [0.15, 0.2) is 0 Å². The zero-order chi connectivity index (χ0) is 23.1. The molecule has 1 aliphatic carbocycles. The summed E-state index contributed by atoms with van der Waals surface area (Å²) in [6.45, 7) is 4.94. The van der Waals surface area contributed by atoms with Crippen molar-refractivity contribution >= 4 is 33.4 Å². The molecule has 0 aromatic heterocycles. The molecule has 0 atom stereocenters. The van der Waals surface area contributed by atoms with Gasteiger partial charge in [0.2, 0.25) is 0 Å². The summed E-state index contributed by atoms with van der Waals surface area (Å²) in [4.78, 5) is 27.9. The molecule has 172 valence electrons. The molecule has 0 unspecified atom stereocenters. The van der Waals surface area contributed by atoms with Crippen molar-refractivity contribution in [3.05, 3.63) is 58.1 Å². The lowest BCUT2D eigenvalue weighted by Gasteiger charge is -2.31. The van der Waals surface area contributed by atoms with E-state index in [-0.39, 0.29) is 17.9 Å². The van der Waals surface area contributed by atoms with Gasteiger partial charge in [-0.15, -0.1) is 0 Å². The SMILES string of the molecule is CC(C)CCOc1ccc(C(=O)Nc2ccccc2C(=O)N(C)C2CCCCC2)cc1Br. The summed E-state index contributed by atoms with van der Waals surface area (Å²) < 4.78 is 6.54. The average Bonchev–Trinajstić information content (AvgIpc) is 2.80. The van der Waals surface area contributed by atoms with Crippen LogP contribution in [-0.2, 0) is 0 Å². The van der Waals surface area contributed by atoms with E-state index in [1.807, 2.05) is 24.1 Å². The highest BCUT2D eigenvalue weighted by molar-refractivity contribution is 9.10. The second-order valence-corrected chi connectivity index (χ2v) is 9.74. The summed E-state index contributed by atoms with van der Waals surface area (Å²) in [6, 6.07) is 12.8. The molecule has 0 heterocycles. The molecule has 3 rings (SSSR count). The topological polar surface area (TPSA) is 58.6 Å². The van der Waals surface area contributed by atoms with Crippen molar-refractivity contribution in [3.8, 4) is 5.75 Å². The van der Waals surface area contributed by atoms with Crippen LogP contribution in [0.1, 0.15) is 73.1 Å². The van der Waals surface area contributed by atoms with Crippen molar-refractivity contribution in [1.29, 1.82) is 0 Å². The van der Waals surface area contributed by atoms with Gasteiger partial charge in [0.05, 0.1) is 22.3 Å². The lowest BCUT2D eigenvalue weighted by molar-refractivity contribution is 0.0697. The van der Waals surface area contributed by atoms with Crippen LogP contribution in [0.25, 0.3) is 0 Å². The van der Waals surface area contributed by atoms with Gasteiger partial charge in [-0.2, -0.15) is 0 Å². The van der Waals surface area contributed by atoms with Crippen molar-refractivity contribution in [2.75, 3.05) is 19.0 Å². The number of ether oxygens (including phenoxy) is 1. The summed E-state index contributed by atoms with van der Waals surface area (Å²) >= 11 is 3.50. The van der Waals surface area contributed by atoms with Gasteiger partial charge in [0.1, 0.15) is 5.75 Å². The van der Waals surface area contributed by atoms with Gasteiger partial charge in [-0.25, -0.2) is 0 Å². The highest BCUT2D eigenvalue weighted by atomic mass is 79.9. The maximum absolute atomic E-state index is 13.2. The molecule has 1 aliphatic rings. The first-order valence-corrected chi connectivity index (χ1v) is 12.3. The van der Waals surface area contributed by atoms with Crippen LogP contribution in [0.3, 0.4) is 0 Å². The number of para-hydroxylation sites is 1. The summed E-state index contributed by atoms with van der Waals surface area (Å²) in [7, 11) is 1.87. The monoisotopic (exact) mass is 500 g/mol. The van der Waals surface area contributed by atoms with E-state index in [2.05, 4.69) is 35.1 Å². The van der Waals surface area contributed by atoms with E-state index in [9.17, 15) is 9.59 Å². The number of rotatable bonds is 8. The third kappa shape index (κ3) is 6.35. The minimum absolute atomic E-state index is 0.0529. The third-order valence-corrected chi connectivity index (χ3v) is 6.61. The summed E-state index contributed by atoms with van der Waals surface area (Å²) in [5.74, 6) is 0.966. The summed E-state index contributed by atoms with van der Waals surface area (Å²) in [5.41, 5.74) is 1.54. The second kappa shape index (κ2) is 11.5. The van der Waals surface area contributed by atoms with Crippen molar-refractivity contribution in [2.24, 2.45) is 5.92 Å². The Morgan fingerprint density at radius 1 is 1.12 bits per heavy atom. The van der Waals surface area contributed by atoms with Crippen molar-refractivity contribution in [3.63, 3.8) is 0 Å². The minimum atomic E-state index is -0.264. The number of carbonyl (C=O) groups is 2. The fourth-order valence-electron chi connectivity index (χ4n) is 3.96. The molecular weight excluding hydrogens is 468 g/mol. The van der Waals surface area contributed by atoms with Crippen LogP contribution in [0.2, 0.25) is 0 Å². The predicted molar refractivity (Wildman–Crippen MR) is 132 cm³/mol. The molecule has 0 aliphatic heterocycles. The normalized spacial score (nSPS) is 14.3. The quantitative estimate of drug-likeness (QED) is 0.448. The van der Waals surface area contributed by atoms with Gasteiger partial charge in [-0.3, -0.25) is 9.59 Å². The summed E-state index contributed by atoms with van der Waals surface area (Å²) in [6.07, 6.45) is 6.60. The van der Waals surface area contributed by atoms with Crippen LogP contribution in [0, 0.1) is 5.92 Å². The first-order valence-electron chi connectivity index (χ1n) is 11.5. The lowest BCUT2D eigenvalue weighted by atomic mass is 9.94. The average molecular weight is 501 g/mol.